The predicted molar refractivity (Wildman–Crippen MR) is 102 cm³/mol. The molecule has 0 saturated heterocycles. The van der Waals surface area contributed by atoms with Crippen LogP contribution >= 0.6 is 0 Å². The second kappa shape index (κ2) is 12.1. The van der Waals surface area contributed by atoms with Crippen LogP contribution in [-0.4, -0.2) is 50.2 Å². The molecular formula is C19H31N3O4. The molecule has 2 N–H and O–H groups in total. The molecule has 0 aliphatic heterocycles. The Bertz CT molecular complexity index is 578. The van der Waals surface area contributed by atoms with Gasteiger partial charge in [-0.05, 0) is 37.6 Å². The Hall–Kier alpha value is -2.28. The number of carbonyl (C=O) groups is 2. The molecule has 0 unspecified atom stereocenters. The number of methoxy groups -OCH3 is 1. The van der Waals surface area contributed by atoms with Gasteiger partial charge in [-0.1, -0.05) is 26.3 Å². The molecule has 146 valence electrons. The zero-order chi connectivity index (χ0) is 19.4. The summed E-state index contributed by atoms with van der Waals surface area (Å²) in [7, 11) is 1.60. The molecule has 0 bridgehead atoms. The minimum atomic E-state index is -0.442. The summed E-state index contributed by atoms with van der Waals surface area (Å²) in [6, 6.07) is 5.28. The Morgan fingerprint density at radius 2 is 1.92 bits per heavy atom. The molecule has 0 heterocycles. The molecule has 0 atom stereocenters. The van der Waals surface area contributed by atoms with E-state index in [-0.39, 0.29) is 12.5 Å². The molecule has 0 radical (unpaired) electrons. The molecule has 1 aromatic rings. The van der Waals surface area contributed by atoms with Gasteiger partial charge in [-0.25, -0.2) is 4.79 Å². The van der Waals surface area contributed by atoms with Gasteiger partial charge in [-0.3, -0.25) is 15.0 Å². The molecule has 1 aromatic carbocycles. The smallest absolute Gasteiger partial charge is 0.321 e. The van der Waals surface area contributed by atoms with E-state index in [0.717, 1.165) is 18.4 Å². The van der Waals surface area contributed by atoms with E-state index in [2.05, 4.69) is 10.6 Å². The number of hydrogen-bond acceptors (Lipinski definition) is 5. The minimum absolute atomic E-state index is 0.146. The third kappa shape index (κ3) is 7.74. The Labute approximate surface area is 156 Å². The van der Waals surface area contributed by atoms with Crippen molar-refractivity contribution in [2.75, 3.05) is 33.4 Å². The second-order valence-corrected chi connectivity index (χ2v) is 5.88. The van der Waals surface area contributed by atoms with E-state index in [9.17, 15) is 9.59 Å². The average Bonchev–Trinajstić information content (AvgIpc) is 2.62. The normalized spacial score (nSPS) is 10.5. The van der Waals surface area contributed by atoms with E-state index in [4.69, 9.17) is 9.47 Å². The number of imide groups is 1. The van der Waals surface area contributed by atoms with Gasteiger partial charge in [0.2, 0.25) is 5.91 Å². The number of hydrogen-bond donors (Lipinski definition) is 2. The molecule has 0 aliphatic rings. The molecule has 7 nitrogen and oxygen atoms in total. The van der Waals surface area contributed by atoms with Gasteiger partial charge in [-0.15, -0.1) is 0 Å². The molecular weight excluding hydrogens is 334 g/mol. The molecule has 0 fully saturated rings. The van der Waals surface area contributed by atoms with Gasteiger partial charge in [0.15, 0.2) is 11.5 Å². The van der Waals surface area contributed by atoms with E-state index in [1.165, 1.54) is 0 Å². The molecule has 3 amide bonds. The van der Waals surface area contributed by atoms with Crippen LogP contribution in [0.5, 0.6) is 11.5 Å². The highest BCUT2D eigenvalue weighted by Crippen LogP contribution is 2.28. The minimum Gasteiger partial charge on any atom is -0.493 e. The van der Waals surface area contributed by atoms with Crippen LogP contribution in [0.1, 0.15) is 39.2 Å². The number of nitrogens with zero attached hydrogens (tertiary/aromatic N) is 1. The van der Waals surface area contributed by atoms with Crippen LogP contribution in [-0.2, 0) is 11.3 Å². The number of urea groups is 1. The molecule has 0 spiro atoms. The zero-order valence-corrected chi connectivity index (χ0v) is 16.3. The molecule has 0 saturated carbocycles. The van der Waals surface area contributed by atoms with Crippen molar-refractivity contribution in [3.8, 4) is 11.5 Å². The summed E-state index contributed by atoms with van der Waals surface area (Å²) < 4.78 is 10.9. The first-order chi connectivity index (χ1) is 12.5. The first-order valence-corrected chi connectivity index (χ1v) is 9.13. The molecule has 7 heteroatoms. The highest BCUT2D eigenvalue weighted by Gasteiger charge is 2.13. The standard InChI is InChI=1S/C19H31N3O4/c1-5-8-11-20-19(24)21-18(23)14-22(6-2)13-15-9-10-16(26-7-3)17(12-15)25-4/h9-10,12H,5-8,11,13-14H2,1-4H3,(H2,20,21,23,24). The van der Waals surface area contributed by atoms with E-state index in [0.29, 0.717) is 37.7 Å². The van der Waals surface area contributed by atoms with Gasteiger partial charge in [0.25, 0.3) is 0 Å². The number of ether oxygens (including phenoxy) is 2. The highest BCUT2D eigenvalue weighted by molar-refractivity contribution is 5.95. The monoisotopic (exact) mass is 365 g/mol. The lowest BCUT2D eigenvalue weighted by Crippen LogP contribution is -2.44. The van der Waals surface area contributed by atoms with E-state index < -0.39 is 6.03 Å². The van der Waals surface area contributed by atoms with Crippen LogP contribution in [0, 0.1) is 0 Å². The van der Waals surface area contributed by atoms with Crippen LogP contribution in [0.15, 0.2) is 18.2 Å². The van der Waals surface area contributed by atoms with Crippen molar-refractivity contribution < 1.29 is 19.1 Å². The fourth-order valence-corrected chi connectivity index (χ4v) is 2.41. The van der Waals surface area contributed by atoms with Gasteiger partial charge in [0, 0.05) is 13.1 Å². The fraction of sp³-hybridized carbons (Fsp3) is 0.579. The quantitative estimate of drug-likeness (QED) is 0.589. The van der Waals surface area contributed by atoms with Crippen molar-refractivity contribution in [1.29, 1.82) is 0 Å². The van der Waals surface area contributed by atoms with Crippen molar-refractivity contribution in [3.63, 3.8) is 0 Å². The fourth-order valence-electron chi connectivity index (χ4n) is 2.41. The number of benzene rings is 1. The first kappa shape index (κ1) is 21.8. The largest absolute Gasteiger partial charge is 0.493 e. The summed E-state index contributed by atoms with van der Waals surface area (Å²) in [5, 5.41) is 5.03. The Morgan fingerprint density at radius 3 is 2.54 bits per heavy atom. The lowest BCUT2D eigenvalue weighted by atomic mass is 10.2. The van der Waals surface area contributed by atoms with Gasteiger partial charge in [-0.2, -0.15) is 0 Å². The summed E-state index contributed by atoms with van der Waals surface area (Å²) in [6.07, 6.45) is 1.88. The zero-order valence-electron chi connectivity index (χ0n) is 16.3. The number of unbranched alkanes of at least 4 members (excludes halogenated alkanes) is 1. The Kier molecular flexibility index (Phi) is 10.2. The number of nitrogens with one attached hydrogen (secondary N) is 2. The third-order valence-corrected chi connectivity index (χ3v) is 3.82. The van der Waals surface area contributed by atoms with E-state index in [1.54, 1.807) is 7.11 Å². The van der Waals surface area contributed by atoms with Crippen LogP contribution in [0.2, 0.25) is 0 Å². The summed E-state index contributed by atoms with van der Waals surface area (Å²) in [5.74, 6) is 1.04. The lowest BCUT2D eigenvalue weighted by molar-refractivity contribution is -0.121. The second-order valence-electron chi connectivity index (χ2n) is 5.88. The SMILES string of the molecule is CCCCNC(=O)NC(=O)CN(CC)Cc1ccc(OCC)c(OC)c1. The van der Waals surface area contributed by atoms with Crippen molar-refractivity contribution in [3.05, 3.63) is 23.8 Å². The van der Waals surface area contributed by atoms with Gasteiger partial charge in [0.1, 0.15) is 0 Å². The topological polar surface area (TPSA) is 79.9 Å². The van der Waals surface area contributed by atoms with Crippen LogP contribution in [0.3, 0.4) is 0 Å². The van der Waals surface area contributed by atoms with Crippen molar-refractivity contribution in [2.45, 2.75) is 40.2 Å². The van der Waals surface area contributed by atoms with Crippen molar-refractivity contribution in [1.82, 2.24) is 15.5 Å². The Balaban J connectivity index is 2.58. The van der Waals surface area contributed by atoms with Crippen LogP contribution in [0.25, 0.3) is 0 Å². The lowest BCUT2D eigenvalue weighted by Gasteiger charge is -2.20. The number of likely N-dealkylation sites (N-methyl/N-ethyl adjacent to an activating group) is 1. The maximum atomic E-state index is 12.0. The van der Waals surface area contributed by atoms with Crippen molar-refractivity contribution in [2.24, 2.45) is 0 Å². The maximum Gasteiger partial charge on any atom is 0.321 e. The summed E-state index contributed by atoms with van der Waals surface area (Å²) >= 11 is 0. The molecule has 1 rings (SSSR count). The summed E-state index contributed by atoms with van der Waals surface area (Å²) in [6.45, 7) is 8.47. The molecule has 0 aromatic heterocycles. The van der Waals surface area contributed by atoms with Crippen LogP contribution < -0.4 is 20.1 Å². The van der Waals surface area contributed by atoms with E-state index in [1.807, 2.05) is 43.9 Å². The summed E-state index contributed by atoms with van der Waals surface area (Å²) in [5.41, 5.74) is 1.01. The van der Waals surface area contributed by atoms with Crippen molar-refractivity contribution >= 4 is 11.9 Å². The predicted octanol–water partition coefficient (Wildman–Crippen LogP) is 2.54. The number of amides is 3. The van der Waals surface area contributed by atoms with E-state index >= 15 is 0 Å². The third-order valence-electron chi connectivity index (χ3n) is 3.82. The van der Waals surface area contributed by atoms with Gasteiger partial charge in [0.05, 0.1) is 20.3 Å². The number of carbonyl (C=O) groups excluding carboxylic acids is 2. The molecule has 26 heavy (non-hydrogen) atoms. The Morgan fingerprint density at radius 1 is 1.15 bits per heavy atom. The molecule has 0 aliphatic carbocycles. The van der Waals surface area contributed by atoms with Gasteiger partial charge >= 0.3 is 6.03 Å². The van der Waals surface area contributed by atoms with Gasteiger partial charge < -0.3 is 14.8 Å². The first-order valence-electron chi connectivity index (χ1n) is 9.13. The number of rotatable bonds is 11. The maximum absolute atomic E-state index is 12.0. The highest BCUT2D eigenvalue weighted by atomic mass is 16.5. The average molecular weight is 365 g/mol. The summed E-state index contributed by atoms with van der Waals surface area (Å²) in [4.78, 5) is 25.6. The van der Waals surface area contributed by atoms with Crippen LogP contribution in [0.4, 0.5) is 4.79 Å².